The van der Waals surface area contributed by atoms with Gasteiger partial charge in [0.2, 0.25) is 10.0 Å². The predicted octanol–water partition coefficient (Wildman–Crippen LogP) is 7.34. The Morgan fingerprint density at radius 3 is 2.49 bits per heavy atom. The summed E-state index contributed by atoms with van der Waals surface area (Å²) in [6, 6.07) is 17.5. The number of pyridine rings is 1. The topological polar surface area (TPSA) is 62.3 Å². The molecule has 8 heteroatoms. The molecule has 2 aliphatic rings. The Morgan fingerprint density at radius 1 is 1.03 bits per heavy atom. The van der Waals surface area contributed by atoms with Crippen LogP contribution in [-0.2, 0) is 22.9 Å². The molecule has 2 aromatic carbocycles. The van der Waals surface area contributed by atoms with E-state index in [4.69, 9.17) is 16.6 Å². The molecule has 1 atom stereocenters. The molecular formula is C31H36ClN3O2S2. The van der Waals surface area contributed by atoms with Gasteiger partial charge in [0, 0.05) is 41.3 Å². The van der Waals surface area contributed by atoms with Crippen molar-refractivity contribution in [3.05, 3.63) is 93.8 Å². The van der Waals surface area contributed by atoms with Crippen molar-refractivity contribution in [1.82, 2.24) is 9.29 Å². The number of halogens is 1. The molecule has 1 unspecified atom stereocenters. The molecule has 39 heavy (non-hydrogen) atoms. The standard InChI is InChI=1S/C31H36ClN3O2S2/c1-3-5-21-38(4-2)34-27-11-13-28(14-12-27)39(36,37)35-19-16-23(17-20-35)30-29-15-10-26(32)22-25(29)9-8-24-7-6-18-33-31(24)30/h4,6-7,10-15,18,22,34H,3,5,8-9,16-17,19-21H2,1-2H3. The second-order valence-corrected chi connectivity index (χ2v) is 14.4. The molecule has 0 radical (unpaired) electrons. The first kappa shape index (κ1) is 28.1. The van der Waals surface area contributed by atoms with Gasteiger partial charge in [-0.2, -0.15) is 4.31 Å². The molecule has 1 aliphatic heterocycles. The highest BCUT2D eigenvalue weighted by molar-refractivity contribution is 8.16. The average molecular weight is 582 g/mol. The van der Waals surface area contributed by atoms with Gasteiger partial charge in [-0.25, -0.2) is 8.42 Å². The van der Waals surface area contributed by atoms with Gasteiger partial charge in [0.15, 0.2) is 0 Å². The van der Waals surface area contributed by atoms with E-state index < -0.39 is 10.0 Å². The highest BCUT2D eigenvalue weighted by Gasteiger charge is 2.30. The molecular weight excluding hydrogens is 546 g/mol. The fourth-order valence-corrected chi connectivity index (χ4v) is 8.53. The van der Waals surface area contributed by atoms with Crippen LogP contribution >= 0.6 is 22.3 Å². The minimum absolute atomic E-state index is 0.00759. The Balaban J connectivity index is 1.37. The summed E-state index contributed by atoms with van der Waals surface area (Å²) < 4.78 is 32.3. The van der Waals surface area contributed by atoms with Gasteiger partial charge in [-0.15, -0.1) is 10.7 Å². The van der Waals surface area contributed by atoms with Crippen LogP contribution in [0, 0.1) is 0 Å². The number of sulfonamides is 1. The molecule has 5 rings (SSSR count). The lowest BCUT2D eigenvalue weighted by Gasteiger charge is -2.29. The zero-order chi connectivity index (χ0) is 27.4. The number of hydrogen-bond acceptors (Lipinski definition) is 4. The second kappa shape index (κ2) is 12.4. The first-order chi connectivity index (χ1) is 18.9. The van der Waals surface area contributed by atoms with Crippen LogP contribution in [0.15, 0.2) is 71.3 Å². The van der Waals surface area contributed by atoms with Gasteiger partial charge < -0.3 is 4.72 Å². The number of aromatic nitrogens is 1. The summed E-state index contributed by atoms with van der Waals surface area (Å²) in [6.07, 6.45) is 7.36. The van der Waals surface area contributed by atoms with Crippen LogP contribution in [0.3, 0.4) is 0 Å². The van der Waals surface area contributed by atoms with Crippen molar-refractivity contribution in [3.63, 3.8) is 0 Å². The third-order valence-electron chi connectivity index (χ3n) is 7.55. The van der Waals surface area contributed by atoms with Gasteiger partial charge in [-0.3, -0.25) is 4.98 Å². The quantitative estimate of drug-likeness (QED) is 0.297. The summed E-state index contributed by atoms with van der Waals surface area (Å²) in [5.74, 6) is 1.09. The summed E-state index contributed by atoms with van der Waals surface area (Å²) in [6.45, 7) is 5.18. The lowest BCUT2D eigenvalue weighted by Crippen LogP contribution is -2.36. The van der Waals surface area contributed by atoms with Crippen LogP contribution in [0.2, 0.25) is 5.02 Å². The molecule has 0 saturated carbocycles. The number of piperidine rings is 1. The molecule has 0 amide bonds. The molecule has 1 N–H and O–H groups in total. The molecule has 1 fully saturated rings. The van der Waals surface area contributed by atoms with Crippen molar-refractivity contribution in [2.45, 2.75) is 57.3 Å². The van der Waals surface area contributed by atoms with E-state index >= 15 is 0 Å². The summed E-state index contributed by atoms with van der Waals surface area (Å²) >= 11 is 6.35. The SMILES string of the molecule is C/C=S(\CCCC)Nc1ccc(S(=O)(=O)N2CCC(=C3c4ccc(Cl)cc4CCc4cccnc43)CC2)cc1. The van der Waals surface area contributed by atoms with E-state index in [9.17, 15) is 8.42 Å². The van der Waals surface area contributed by atoms with Gasteiger partial charge in [0.25, 0.3) is 0 Å². The number of benzene rings is 2. The summed E-state index contributed by atoms with van der Waals surface area (Å²) in [4.78, 5) is 5.14. The number of hydrogen-bond donors (Lipinski definition) is 1. The first-order valence-corrected chi connectivity index (χ1v) is 17.0. The van der Waals surface area contributed by atoms with Crippen molar-refractivity contribution in [2.24, 2.45) is 0 Å². The van der Waals surface area contributed by atoms with Crippen LogP contribution in [0.4, 0.5) is 5.69 Å². The molecule has 1 saturated heterocycles. The molecule has 0 bridgehead atoms. The zero-order valence-corrected chi connectivity index (χ0v) is 25.0. The second-order valence-electron chi connectivity index (χ2n) is 10.0. The Bertz CT molecular complexity index is 1510. The van der Waals surface area contributed by atoms with E-state index in [1.165, 1.54) is 28.7 Å². The van der Waals surface area contributed by atoms with Gasteiger partial charge in [-0.05, 0) is 104 Å². The van der Waals surface area contributed by atoms with Crippen LogP contribution in [0.1, 0.15) is 61.9 Å². The van der Waals surface area contributed by atoms with E-state index in [-0.39, 0.29) is 10.7 Å². The third kappa shape index (κ3) is 6.17. The van der Waals surface area contributed by atoms with Crippen molar-refractivity contribution < 1.29 is 8.42 Å². The van der Waals surface area contributed by atoms with Crippen molar-refractivity contribution in [3.8, 4) is 0 Å². The van der Waals surface area contributed by atoms with Gasteiger partial charge in [0.05, 0.1) is 10.6 Å². The maximum Gasteiger partial charge on any atom is 0.243 e. The van der Waals surface area contributed by atoms with E-state index in [2.05, 4.69) is 42.1 Å². The molecule has 2 heterocycles. The number of unbranched alkanes of at least 4 members (excludes halogenated alkanes) is 1. The fourth-order valence-electron chi connectivity index (χ4n) is 5.40. The molecule has 1 aliphatic carbocycles. The Morgan fingerprint density at radius 2 is 1.77 bits per heavy atom. The minimum atomic E-state index is -3.57. The van der Waals surface area contributed by atoms with E-state index in [0.29, 0.717) is 30.8 Å². The molecule has 5 nitrogen and oxygen atoms in total. The number of nitrogens with one attached hydrogen (secondary N) is 1. The number of nitrogens with zero attached hydrogens (tertiary/aromatic N) is 2. The van der Waals surface area contributed by atoms with Crippen LogP contribution in [-0.4, -0.2) is 41.9 Å². The summed E-state index contributed by atoms with van der Waals surface area (Å²) in [5.41, 5.74) is 8.04. The van der Waals surface area contributed by atoms with Crippen molar-refractivity contribution >= 4 is 48.9 Å². The Kier molecular flexibility index (Phi) is 8.92. The van der Waals surface area contributed by atoms with E-state index in [1.54, 1.807) is 16.4 Å². The molecule has 206 valence electrons. The lowest BCUT2D eigenvalue weighted by molar-refractivity contribution is 0.387. The smallest absolute Gasteiger partial charge is 0.243 e. The van der Waals surface area contributed by atoms with Crippen molar-refractivity contribution in [2.75, 3.05) is 23.6 Å². The van der Waals surface area contributed by atoms with Crippen LogP contribution in [0.5, 0.6) is 0 Å². The van der Waals surface area contributed by atoms with Crippen LogP contribution < -0.4 is 4.72 Å². The van der Waals surface area contributed by atoms with Gasteiger partial charge >= 0.3 is 0 Å². The molecule has 0 spiro atoms. The minimum Gasteiger partial charge on any atom is -0.336 e. The maximum absolute atomic E-state index is 13.5. The first-order valence-electron chi connectivity index (χ1n) is 13.7. The molecule has 1 aromatic heterocycles. The van der Waals surface area contributed by atoms with Gasteiger partial charge in [-0.1, -0.05) is 42.7 Å². The summed E-state index contributed by atoms with van der Waals surface area (Å²) in [5, 5.41) is 2.93. The lowest BCUT2D eigenvalue weighted by atomic mass is 9.89. The van der Waals surface area contributed by atoms with Gasteiger partial charge in [0.1, 0.15) is 0 Å². The molecule has 3 aromatic rings. The monoisotopic (exact) mass is 581 g/mol. The normalized spacial score (nSPS) is 16.9. The summed E-state index contributed by atoms with van der Waals surface area (Å²) in [7, 11) is -3.58. The number of aryl methyl sites for hydroxylation is 2. The third-order valence-corrected chi connectivity index (χ3v) is 11.5. The van der Waals surface area contributed by atoms with Crippen molar-refractivity contribution in [1.29, 1.82) is 0 Å². The Hall–Kier alpha value is -2.45. The zero-order valence-electron chi connectivity index (χ0n) is 22.6. The largest absolute Gasteiger partial charge is 0.336 e. The van der Waals surface area contributed by atoms with Crippen LogP contribution in [0.25, 0.3) is 5.57 Å². The highest BCUT2D eigenvalue weighted by Crippen LogP contribution is 2.39. The number of anilines is 1. The highest BCUT2D eigenvalue weighted by atomic mass is 35.5. The number of rotatable bonds is 7. The van der Waals surface area contributed by atoms with E-state index in [1.807, 2.05) is 30.5 Å². The maximum atomic E-state index is 13.5. The predicted molar refractivity (Wildman–Crippen MR) is 166 cm³/mol. The fraction of sp³-hybridized carbons (Fsp3) is 0.355. The average Bonchev–Trinajstić information content (AvgIpc) is 3.12. The van der Waals surface area contributed by atoms with E-state index in [0.717, 1.165) is 47.0 Å². The Labute approximate surface area is 240 Å². The number of fused-ring (bicyclic) bond motifs is 2.